The zero-order chi connectivity index (χ0) is 13.9. The summed E-state index contributed by atoms with van der Waals surface area (Å²) in [6.45, 7) is 0. The van der Waals surface area contributed by atoms with Gasteiger partial charge in [0.1, 0.15) is 5.82 Å². The molecule has 0 spiro atoms. The SMILES string of the molecule is O=c1[nH]c(CS[C@H]2CC[C@H](O)CC2)nc2ccccc12. The normalized spacial score (nSPS) is 23.1. The number of fused-ring (bicyclic) bond motifs is 1. The molecule has 1 aliphatic carbocycles. The van der Waals surface area contributed by atoms with Crippen molar-refractivity contribution < 1.29 is 5.11 Å². The minimum absolute atomic E-state index is 0.0646. The van der Waals surface area contributed by atoms with Gasteiger partial charge in [-0.05, 0) is 37.8 Å². The number of aliphatic hydroxyl groups excluding tert-OH is 1. The van der Waals surface area contributed by atoms with Gasteiger partial charge in [-0.15, -0.1) is 0 Å². The first-order chi connectivity index (χ1) is 9.72. The average Bonchev–Trinajstić information content (AvgIpc) is 2.47. The van der Waals surface area contributed by atoms with Crippen LogP contribution in [0.1, 0.15) is 31.5 Å². The summed E-state index contributed by atoms with van der Waals surface area (Å²) in [6, 6.07) is 7.41. The number of aliphatic hydroxyl groups is 1. The molecule has 0 atom stereocenters. The van der Waals surface area contributed by atoms with Crippen molar-refractivity contribution in [1.82, 2.24) is 9.97 Å². The number of hydrogen-bond acceptors (Lipinski definition) is 4. The van der Waals surface area contributed by atoms with E-state index in [4.69, 9.17) is 0 Å². The van der Waals surface area contributed by atoms with Crippen molar-refractivity contribution in [2.75, 3.05) is 0 Å². The Bertz CT molecular complexity index is 648. The smallest absolute Gasteiger partial charge is 0.258 e. The number of para-hydroxylation sites is 1. The molecule has 3 rings (SSSR count). The van der Waals surface area contributed by atoms with Crippen LogP contribution >= 0.6 is 11.8 Å². The lowest BCUT2D eigenvalue weighted by atomic mass is 9.97. The molecule has 0 unspecified atom stereocenters. The van der Waals surface area contributed by atoms with Crippen LogP contribution in [0.5, 0.6) is 0 Å². The second-order valence-corrected chi connectivity index (χ2v) is 6.56. The molecule has 1 fully saturated rings. The standard InChI is InChI=1S/C15H18N2O2S/c18-10-5-7-11(8-6-10)20-9-14-16-13-4-2-1-3-12(13)15(19)17-14/h1-4,10-11,18H,5-9H2,(H,16,17,19)/t10-,11-. The topological polar surface area (TPSA) is 66.0 Å². The van der Waals surface area contributed by atoms with Crippen LogP contribution in [0, 0.1) is 0 Å². The van der Waals surface area contributed by atoms with Crippen molar-refractivity contribution in [2.45, 2.75) is 42.8 Å². The van der Waals surface area contributed by atoms with Crippen molar-refractivity contribution >= 4 is 22.7 Å². The maximum atomic E-state index is 12.0. The molecule has 20 heavy (non-hydrogen) atoms. The maximum absolute atomic E-state index is 12.0. The number of H-pyrrole nitrogens is 1. The molecule has 2 N–H and O–H groups in total. The molecule has 106 valence electrons. The van der Waals surface area contributed by atoms with E-state index in [1.165, 1.54) is 0 Å². The minimum atomic E-state index is -0.120. The molecule has 2 aromatic rings. The van der Waals surface area contributed by atoms with E-state index in [0.29, 0.717) is 10.6 Å². The Kier molecular flexibility index (Phi) is 4.08. The van der Waals surface area contributed by atoms with Crippen molar-refractivity contribution in [1.29, 1.82) is 0 Å². The number of hydrogen-bond donors (Lipinski definition) is 2. The van der Waals surface area contributed by atoms with Crippen LogP contribution in [0.25, 0.3) is 10.9 Å². The van der Waals surface area contributed by atoms with Gasteiger partial charge in [0.05, 0.1) is 22.8 Å². The largest absolute Gasteiger partial charge is 0.393 e. The van der Waals surface area contributed by atoms with Gasteiger partial charge in [-0.2, -0.15) is 11.8 Å². The van der Waals surface area contributed by atoms with E-state index < -0.39 is 0 Å². The van der Waals surface area contributed by atoms with Crippen LogP contribution < -0.4 is 5.56 Å². The predicted molar refractivity (Wildman–Crippen MR) is 81.9 cm³/mol. The monoisotopic (exact) mass is 290 g/mol. The van der Waals surface area contributed by atoms with Crippen molar-refractivity contribution in [3.8, 4) is 0 Å². The van der Waals surface area contributed by atoms with E-state index in [1.807, 2.05) is 30.0 Å². The van der Waals surface area contributed by atoms with E-state index in [1.54, 1.807) is 6.07 Å². The van der Waals surface area contributed by atoms with E-state index >= 15 is 0 Å². The molecule has 5 heteroatoms. The van der Waals surface area contributed by atoms with Gasteiger partial charge in [0.25, 0.3) is 5.56 Å². The lowest BCUT2D eigenvalue weighted by Crippen LogP contribution is -2.20. The van der Waals surface area contributed by atoms with E-state index in [2.05, 4.69) is 9.97 Å². The molecule has 4 nitrogen and oxygen atoms in total. The average molecular weight is 290 g/mol. The van der Waals surface area contributed by atoms with Gasteiger partial charge in [-0.3, -0.25) is 4.79 Å². The highest BCUT2D eigenvalue weighted by Crippen LogP contribution is 2.30. The number of benzene rings is 1. The Morgan fingerprint density at radius 3 is 2.80 bits per heavy atom. The first-order valence-corrected chi connectivity index (χ1v) is 8.05. The third-order valence-electron chi connectivity index (χ3n) is 3.76. The van der Waals surface area contributed by atoms with Crippen LogP contribution in [0.15, 0.2) is 29.1 Å². The van der Waals surface area contributed by atoms with Gasteiger partial charge in [-0.1, -0.05) is 12.1 Å². The fourth-order valence-corrected chi connectivity index (χ4v) is 3.75. The molecule has 0 amide bonds. The van der Waals surface area contributed by atoms with Crippen LogP contribution in [0.4, 0.5) is 0 Å². The van der Waals surface area contributed by atoms with Crippen molar-refractivity contribution in [3.63, 3.8) is 0 Å². The Labute approximate surface area is 121 Å². The zero-order valence-electron chi connectivity index (χ0n) is 11.2. The minimum Gasteiger partial charge on any atom is -0.393 e. The highest BCUT2D eigenvalue weighted by atomic mass is 32.2. The second-order valence-electron chi connectivity index (χ2n) is 5.27. The zero-order valence-corrected chi connectivity index (χ0v) is 12.0. The van der Waals surface area contributed by atoms with Gasteiger partial charge < -0.3 is 10.1 Å². The first-order valence-electron chi connectivity index (χ1n) is 7.00. The number of rotatable bonds is 3. The highest BCUT2D eigenvalue weighted by Gasteiger charge is 2.19. The predicted octanol–water partition coefficient (Wildman–Crippen LogP) is 2.46. The quantitative estimate of drug-likeness (QED) is 0.911. The Hall–Kier alpha value is -1.33. The van der Waals surface area contributed by atoms with Gasteiger partial charge in [0.15, 0.2) is 0 Å². The van der Waals surface area contributed by atoms with Gasteiger partial charge in [0, 0.05) is 5.25 Å². The molecule has 0 bridgehead atoms. The summed E-state index contributed by atoms with van der Waals surface area (Å²) in [7, 11) is 0. The molecule has 0 saturated heterocycles. The molecular formula is C15H18N2O2S. The van der Waals surface area contributed by atoms with E-state index in [-0.39, 0.29) is 11.7 Å². The Morgan fingerprint density at radius 2 is 2.00 bits per heavy atom. The molecule has 1 heterocycles. The Balaban J connectivity index is 1.70. The summed E-state index contributed by atoms with van der Waals surface area (Å²) >= 11 is 1.83. The highest BCUT2D eigenvalue weighted by molar-refractivity contribution is 7.99. The van der Waals surface area contributed by atoms with Crippen LogP contribution in [-0.2, 0) is 5.75 Å². The Morgan fingerprint density at radius 1 is 1.25 bits per heavy atom. The number of nitrogens with zero attached hydrogens (tertiary/aromatic N) is 1. The lowest BCUT2D eigenvalue weighted by Gasteiger charge is -2.24. The molecular weight excluding hydrogens is 272 g/mol. The number of nitrogens with one attached hydrogen (secondary N) is 1. The maximum Gasteiger partial charge on any atom is 0.258 e. The van der Waals surface area contributed by atoms with E-state index in [9.17, 15) is 9.90 Å². The molecule has 1 saturated carbocycles. The van der Waals surface area contributed by atoms with Crippen LogP contribution in [0.2, 0.25) is 0 Å². The summed E-state index contributed by atoms with van der Waals surface area (Å²) < 4.78 is 0. The summed E-state index contributed by atoms with van der Waals surface area (Å²) in [5, 5.41) is 10.7. The number of aromatic amines is 1. The summed E-state index contributed by atoms with van der Waals surface area (Å²) in [5.74, 6) is 1.46. The molecule has 0 radical (unpaired) electrons. The fraction of sp³-hybridized carbons (Fsp3) is 0.467. The molecule has 0 aliphatic heterocycles. The molecule has 1 aromatic carbocycles. The van der Waals surface area contributed by atoms with Gasteiger partial charge in [-0.25, -0.2) is 4.98 Å². The third-order valence-corrected chi connectivity index (χ3v) is 5.14. The fourth-order valence-electron chi connectivity index (χ4n) is 2.61. The first kappa shape index (κ1) is 13.6. The third kappa shape index (κ3) is 3.04. The van der Waals surface area contributed by atoms with Gasteiger partial charge >= 0.3 is 0 Å². The van der Waals surface area contributed by atoms with Gasteiger partial charge in [0.2, 0.25) is 0 Å². The second kappa shape index (κ2) is 5.97. The summed E-state index contributed by atoms with van der Waals surface area (Å²) in [6.07, 6.45) is 3.75. The summed E-state index contributed by atoms with van der Waals surface area (Å²) in [5.41, 5.74) is 0.691. The van der Waals surface area contributed by atoms with Crippen molar-refractivity contribution in [2.24, 2.45) is 0 Å². The van der Waals surface area contributed by atoms with Crippen molar-refractivity contribution in [3.05, 3.63) is 40.4 Å². The number of aromatic nitrogens is 2. The molecule has 1 aliphatic rings. The lowest BCUT2D eigenvalue weighted by molar-refractivity contribution is 0.132. The van der Waals surface area contributed by atoms with Crippen LogP contribution in [0.3, 0.4) is 0 Å². The molecule has 1 aromatic heterocycles. The van der Waals surface area contributed by atoms with Crippen LogP contribution in [-0.4, -0.2) is 26.4 Å². The number of thioether (sulfide) groups is 1. The summed E-state index contributed by atoms with van der Waals surface area (Å²) in [4.78, 5) is 19.3. The van der Waals surface area contributed by atoms with E-state index in [0.717, 1.165) is 42.8 Å².